The highest BCUT2D eigenvalue weighted by Gasteiger charge is 2.33. The molecule has 1 atom stereocenters. The van der Waals surface area contributed by atoms with Gasteiger partial charge in [0, 0.05) is 0 Å². The summed E-state index contributed by atoms with van der Waals surface area (Å²) in [4.78, 5) is -0.562. The Labute approximate surface area is 140 Å². The van der Waals surface area contributed by atoms with Crippen molar-refractivity contribution in [2.45, 2.75) is 48.1 Å². The Hall–Kier alpha value is -0.870. The van der Waals surface area contributed by atoms with Crippen LogP contribution in [0.25, 0.3) is 0 Å². The number of fused-ring (bicyclic) bond motifs is 1. The molecule has 1 heterocycles. The highest BCUT2D eigenvalue weighted by molar-refractivity contribution is 7.90. The van der Waals surface area contributed by atoms with Crippen LogP contribution in [0.5, 0.6) is 0 Å². The van der Waals surface area contributed by atoms with Crippen LogP contribution in [0.15, 0.2) is 21.9 Å². The quantitative estimate of drug-likeness (QED) is 0.737. The molecular formula is C13H18ClN3O4S2. The maximum absolute atomic E-state index is 12.4. The maximum atomic E-state index is 12.4. The van der Waals surface area contributed by atoms with Crippen LogP contribution in [0, 0.1) is 5.92 Å². The lowest BCUT2D eigenvalue weighted by Gasteiger charge is -2.30. The van der Waals surface area contributed by atoms with E-state index in [4.69, 9.17) is 16.7 Å². The van der Waals surface area contributed by atoms with E-state index in [1.807, 2.05) is 0 Å². The first-order chi connectivity index (χ1) is 10.7. The van der Waals surface area contributed by atoms with Crippen molar-refractivity contribution in [2.75, 3.05) is 5.32 Å². The molecule has 1 aromatic rings. The van der Waals surface area contributed by atoms with Crippen LogP contribution in [0.1, 0.15) is 32.1 Å². The van der Waals surface area contributed by atoms with Gasteiger partial charge >= 0.3 is 0 Å². The summed E-state index contributed by atoms with van der Waals surface area (Å²) in [5, 5.41) is 8.05. The van der Waals surface area contributed by atoms with Crippen LogP contribution in [-0.2, 0) is 20.0 Å². The molecule has 1 aliphatic heterocycles. The van der Waals surface area contributed by atoms with Gasteiger partial charge in [0.1, 0.15) is 9.79 Å². The predicted octanol–water partition coefficient (Wildman–Crippen LogP) is 1.60. The van der Waals surface area contributed by atoms with Gasteiger partial charge in [0.2, 0.25) is 20.0 Å². The minimum Gasteiger partial charge on any atom is -0.368 e. The molecule has 0 bridgehead atoms. The first-order valence-electron chi connectivity index (χ1n) is 7.32. The molecule has 23 heavy (non-hydrogen) atoms. The van der Waals surface area contributed by atoms with Crippen molar-refractivity contribution in [3.63, 3.8) is 0 Å². The molecule has 1 aromatic carbocycles. The Balaban J connectivity index is 1.96. The van der Waals surface area contributed by atoms with Crippen LogP contribution in [-0.4, -0.2) is 23.0 Å². The number of nitrogens with two attached hydrogens (primary N) is 1. The number of hydrogen-bond donors (Lipinski definition) is 3. The second-order valence-corrected chi connectivity index (χ2v) is 9.65. The standard InChI is InChI=1S/C13H18ClN3O4S2/c14-9-6-10-12(7-11(9)22(15,18)19)23(20,21)17-13(16-10)5-8-3-1-2-4-8/h6-8,13,16-17H,1-5H2,(H2,15,18,19)/t13-/m0/s1. The zero-order valence-corrected chi connectivity index (χ0v) is 14.6. The Morgan fingerprint density at radius 2 is 1.91 bits per heavy atom. The lowest BCUT2D eigenvalue weighted by Crippen LogP contribution is -2.45. The Morgan fingerprint density at radius 3 is 2.52 bits per heavy atom. The maximum Gasteiger partial charge on any atom is 0.244 e. The molecule has 1 aliphatic carbocycles. The fourth-order valence-corrected chi connectivity index (χ4v) is 5.75. The average Bonchev–Trinajstić information content (AvgIpc) is 2.88. The summed E-state index contributed by atoms with van der Waals surface area (Å²) < 4.78 is 50.4. The van der Waals surface area contributed by atoms with E-state index in [2.05, 4.69) is 10.0 Å². The molecule has 2 aliphatic rings. The summed E-state index contributed by atoms with van der Waals surface area (Å²) in [5.74, 6) is 0.482. The number of nitrogens with one attached hydrogen (secondary N) is 2. The molecule has 128 valence electrons. The van der Waals surface area contributed by atoms with Gasteiger partial charge in [-0.2, -0.15) is 4.72 Å². The Bertz CT molecular complexity index is 833. The molecule has 0 amide bonds. The van der Waals surface area contributed by atoms with E-state index in [9.17, 15) is 16.8 Å². The van der Waals surface area contributed by atoms with Crippen LogP contribution in [0.3, 0.4) is 0 Å². The van der Waals surface area contributed by atoms with Crippen molar-refractivity contribution in [3.05, 3.63) is 17.2 Å². The summed E-state index contributed by atoms with van der Waals surface area (Å²) in [7, 11) is -7.92. The van der Waals surface area contributed by atoms with Crippen molar-refractivity contribution >= 4 is 37.3 Å². The van der Waals surface area contributed by atoms with Gasteiger partial charge in [0.05, 0.1) is 16.9 Å². The van der Waals surface area contributed by atoms with Crippen LogP contribution in [0.2, 0.25) is 5.02 Å². The fourth-order valence-electron chi connectivity index (χ4n) is 3.24. The molecule has 4 N–H and O–H groups in total. The number of primary sulfonamides is 1. The van der Waals surface area contributed by atoms with Gasteiger partial charge in [-0.1, -0.05) is 37.3 Å². The predicted molar refractivity (Wildman–Crippen MR) is 87.1 cm³/mol. The SMILES string of the molecule is NS(=O)(=O)c1cc2c(cc1Cl)N[C@H](CC1CCCC1)NS2(=O)=O. The lowest BCUT2D eigenvalue weighted by molar-refractivity contribution is 0.438. The van der Waals surface area contributed by atoms with Crippen molar-refractivity contribution in [1.29, 1.82) is 0 Å². The van der Waals surface area contributed by atoms with Crippen LogP contribution < -0.4 is 15.2 Å². The molecule has 1 fully saturated rings. The van der Waals surface area contributed by atoms with Crippen molar-refractivity contribution in [1.82, 2.24) is 4.72 Å². The summed E-state index contributed by atoms with van der Waals surface area (Å²) in [5.41, 5.74) is 0.296. The third kappa shape index (κ3) is 3.48. The van der Waals surface area contributed by atoms with Gasteiger partial charge in [-0.15, -0.1) is 0 Å². The summed E-state index contributed by atoms with van der Waals surface area (Å²) >= 11 is 5.94. The summed E-state index contributed by atoms with van der Waals surface area (Å²) in [6.45, 7) is 0. The van der Waals surface area contributed by atoms with E-state index < -0.39 is 31.1 Å². The van der Waals surface area contributed by atoms with Gasteiger partial charge in [-0.25, -0.2) is 22.0 Å². The van der Waals surface area contributed by atoms with E-state index in [-0.39, 0.29) is 9.92 Å². The number of halogens is 1. The summed E-state index contributed by atoms with van der Waals surface area (Å²) in [6.07, 6.45) is 4.80. The number of benzene rings is 1. The average molecular weight is 380 g/mol. The van der Waals surface area contributed by atoms with Crippen LogP contribution >= 0.6 is 11.6 Å². The van der Waals surface area contributed by atoms with E-state index >= 15 is 0 Å². The smallest absolute Gasteiger partial charge is 0.244 e. The van der Waals surface area contributed by atoms with Gasteiger partial charge in [0.15, 0.2) is 0 Å². The largest absolute Gasteiger partial charge is 0.368 e. The summed E-state index contributed by atoms with van der Waals surface area (Å²) in [6, 6.07) is 2.30. The van der Waals surface area contributed by atoms with Gasteiger partial charge in [-0.05, 0) is 24.5 Å². The molecule has 1 saturated carbocycles. The minimum atomic E-state index is -4.10. The van der Waals surface area contributed by atoms with Crippen molar-refractivity contribution in [2.24, 2.45) is 11.1 Å². The molecule has 3 rings (SSSR count). The highest BCUT2D eigenvalue weighted by atomic mass is 35.5. The highest BCUT2D eigenvalue weighted by Crippen LogP contribution is 2.36. The van der Waals surface area contributed by atoms with Gasteiger partial charge in [0.25, 0.3) is 0 Å². The van der Waals surface area contributed by atoms with E-state index in [1.54, 1.807) is 0 Å². The number of anilines is 1. The normalized spacial score (nSPS) is 24.2. The molecule has 10 heteroatoms. The van der Waals surface area contributed by atoms with Gasteiger partial charge < -0.3 is 5.32 Å². The topological polar surface area (TPSA) is 118 Å². The van der Waals surface area contributed by atoms with Crippen molar-refractivity contribution < 1.29 is 16.8 Å². The second-order valence-electron chi connectivity index (χ2n) is 6.03. The molecule has 0 radical (unpaired) electrons. The fraction of sp³-hybridized carbons (Fsp3) is 0.538. The van der Waals surface area contributed by atoms with E-state index in [0.717, 1.165) is 18.9 Å². The third-order valence-corrected chi connectivity index (χ3v) is 7.19. The molecule has 0 unspecified atom stereocenters. The molecule has 0 aromatic heterocycles. The zero-order valence-electron chi connectivity index (χ0n) is 12.2. The van der Waals surface area contributed by atoms with Crippen molar-refractivity contribution in [3.8, 4) is 0 Å². The number of sulfonamides is 2. The monoisotopic (exact) mass is 379 g/mol. The lowest BCUT2D eigenvalue weighted by atomic mass is 10.0. The number of hydrogen-bond acceptors (Lipinski definition) is 5. The molecular weight excluding hydrogens is 362 g/mol. The minimum absolute atomic E-state index is 0.101. The molecule has 7 nitrogen and oxygen atoms in total. The zero-order chi connectivity index (χ0) is 16.8. The molecule has 0 saturated heterocycles. The Morgan fingerprint density at radius 1 is 1.26 bits per heavy atom. The van der Waals surface area contributed by atoms with E-state index in [0.29, 0.717) is 18.0 Å². The third-order valence-electron chi connectivity index (χ3n) is 4.30. The first-order valence-corrected chi connectivity index (χ1v) is 10.7. The van der Waals surface area contributed by atoms with Gasteiger partial charge in [-0.3, -0.25) is 0 Å². The first kappa shape index (κ1) is 17.0. The van der Waals surface area contributed by atoms with Crippen LogP contribution in [0.4, 0.5) is 5.69 Å². The van der Waals surface area contributed by atoms with E-state index in [1.165, 1.54) is 18.9 Å². The Kier molecular flexibility index (Phi) is 4.35. The molecule has 0 spiro atoms. The number of rotatable bonds is 3. The second kappa shape index (κ2) is 5.89.